The summed E-state index contributed by atoms with van der Waals surface area (Å²) in [6.45, 7) is 1.19. The SMILES string of the molecule is COc1ccc(NC(=O)NC(=O)COC(=O)c2sc(COc3ccc(Cl)cc3)nc2C)cc1. The first-order valence-electron chi connectivity index (χ1n) is 9.60. The molecular weight excluding hydrogens is 470 g/mol. The zero-order valence-corrected chi connectivity index (χ0v) is 19.3. The van der Waals surface area contributed by atoms with E-state index in [9.17, 15) is 14.4 Å². The Bertz CT molecular complexity index is 1130. The van der Waals surface area contributed by atoms with Gasteiger partial charge in [-0.3, -0.25) is 10.1 Å². The molecule has 0 saturated carbocycles. The first kappa shape index (κ1) is 24.0. The highest BCUT2D eigenvalue weighted by Gasteiger charge is 2.19. The molecule has 0 spiro atoms. The zero-order valence-electron chi connectivity index (χ0n) is 17.7. The van der Waals surface area contributed by atoms with Crippen molar-refractivity contribution < 1.29 is 28.6 Å². The number of esters is 1. The Hall–Kier alpha value is -3.63. The smallest absolute Gasteiger partial charge is 0.350 e. The van der Waals surface area contributed by atoms with E-state index in [2.05, 4.69) is 15.6 Å². The Balaban J connectivity index is 1.45. The molecule has 3 aromatic rings. The average Bonchev–Trinajstić information content (AvgIpc) is 3.18. The van der Waals surface area contributed by atoms with Gasteiger partial charge in [0.25, 0.3) is 5.91 Å². The second-order valence-electron chi connectivity index (χ2n) is 6.57. The van der Waals surface area contributed by atoms with Crippen molar-refractivity contribution in [2.45, 2.75) is 13.5 Å². The largest absolute Gasteiger partial charge is 0.497 e. The van der Waals surface area contributed by atoms with E-state index in [1.54, 1.807) is 55.5 Å². The zero-order chi connectivity index (χ0) is 23.8. The van der Waals surface area contributed by atoms with Crippen molar-refractivity contribution in [1.82, 2.24) is 10.3 Å². The molecule has 33 heavy (non-hydrogen) atoms. The van der Waals surface area contributed by atoms with E-state index in [1.165, 1.54) is 7.11 Å². The quantitative estimate of drug-likeness (QED) is 0.455. The first-order chi connectivity index (χ1) is 15.8. The predicted molar refractivity (Wildman–Crippen MR) is 123 cm³/mol. The highest BCUT2D eigenvalue weighted by molar-refractivity contribution is 7.13. The molecule has 0 fully saturated rings. The van der Waals surface area contributed by atoms with Gasteiger partial charge in [-0.15, -0.1) is 11.3 Å². The Morgan fingerprint density at radius 1 is 1.03 bits per heavy atom. The van der Waals surface area contributed by atoms with Gasteiger partial charge in [-0.1, -0.05) is 11.6 Å². The number of anilines is 1. The summed E-state index contributed by atoms with van der Waals surface area (Å²) in [6, 6.07) is 12.6. The standard InChI is InChI=1S/C22H20ClN3O6S/c1-13-20(33-19(24-13)12-31-17-7-3-14(23)4-8-17)21(28)32-11-18(27)26-22(29)25-15-5-9-16(30-2)10-6-15/h3-10H,11-12H2,1-2H3,(H2,25,26,27,29). The van der Waals surface area contributed by atoms with Crippen LogP contribution < -0.4 is 20.1 Å². The van der Waals surface area contributed by atoms with Crippen molar-refractivity contribution in [3.63, 3.8) is 0 Å². The van der Waals surface area contributed by atoms with Crippen molar-refractivity contribution in [2.24, 2.45) is 0 Å². The lowest BCUT2D eigenvalue weighted by Gasteiger charge is -2.08. The molecule has 0 aliphatic heterocycles. The molecular formula is C22H20ClN3O6S. The fourth-order valence-electron chi connectivity index (χ4n) is 2.58. The summed E-state index contributed by atoms with van der Waals surface area (Å²) in [6.07, 6.45) is 0. The third-order valence-electron chi connectivity index (χ3n) is 4.14. The van der Waals surface area contributed by atoms with E-state index < -0.39 is 24.5 Å². The maximum absolute atomic E-state index is 12.3. The van der Waals surface area contributed by atoms with E-state index in [1.807, 2.05) is 0 Å². The minimum atomic E-state index is -0.775. The minimum Gasteiger partial charge on any atom is -0.497 e. The Kier molecular flexibility index (Phi) is 8.22. The Morgan fingerprint density at radius 3 is 2.36 bits per heavy atom. The molecule has 0 aliphatic carbocycles. The van der Waals surface area contributed by atoms with Crippen LogP contribution in [0.1, 0.15) is 20.4 Å². The second-order valence-corrected chi connectivity index (χ2v) is 8.09. The summed E-state index contributed by atoms with van der Waals surface area (Å²) in [5.74, 6) is -0.251. The van der Waals surface area contributed by atoms with Crippen LogP contribution in [0.3, 0.4) is 0 Å². The minimum absolute atomic E-state index is 0.159. The van der Waals surface area contributed by atoms with Crippen LogP contribution >= 0.6 is 22.9 Å². The Labute approximate surface area is 198 Å². The van der Waals surface area contributed by atoms with Gasteiger partial charge in [0.2, 0.25) is 0 Å². The topological polar surface area (TPSA) is 116 Å². The highest BCUT2D eigenvalue weighted by atomic mass is 35.5. The average molecular weight is 490 g/mol. The number of nitrogens with one attached hydrogen (secondary N) is 2. The lowest BCUT2D eigenvalue weighted by molar-refractivity contribution is -0.123. The number of hydrogen-bond acceptors (Lipinski definition) is 8. The molecule has 0 saturated heterocycles. The molecule has 0 atom stereocenters. The number of urea groups is 1. The molecule has 1 aromatic heterocycles. The molecule has 0 radical (unpaired) electrons. The number of carbonyl (C=O) groups is 3. The molecule has 2 N–H and O–H groups in total. The summed E-state index contributed by atoms with van der Waals surface area (Å²) in [4.78, 5) is 40.7. The maximum Gasteiger partial charge on any atom is 0.350 e. The van der Waals surface area contributed by atoms with Crippen molar-refractivity contribution in [1.29, 1.82) is 0 Å². The van der Waals surface area contributed by atoms with Crippen LogP contribution in [0.25, 0.3) is 0 Å². The van der Waals surface area contributed by atoms with Gasteiger partial charge in [-0.2, -0.15) is 0 Å². The lowest BCUT2D eigenvalue weighted by Crippen LogP contribution is -2.37. The summed E-state index contributed by atoms with van der Waals surface area (Å²) < 4.78 is 15.7. The van der Waals surface area contributed by atoms with E-state index in [0.717, 1.165) is 11.3 Å². The van der Waals surface area contributed by atoms with Gasteiger partial charge in [-0.25, -0.2) is 14.6 Å². The summed E-state index contributed by atoms with van der Waals surface area (Å²) in [7, 11) is 1.53. The molecule has 3 rings (SSSR count). The molecule has 0 bridgehead atoms. The third kappa shape index (κ3) is 7.19. The van der Waals surface area contributed by atoms with Crippen molar-refractivity contribution in [2.75, 3.05) is 19.0 Å². The predicted octanol–water partition coefficient (Wildman–Crippen LogP) is 4.20. The number of ether oxygens (including phenoxy) is 3. The number of methoxy groups -OCH3 is 1. The Morgan fingerprint density at radius 2 is 1.70 bits per heavy atom. The molecule has 172 valence electrons. The first-order valence-corrected chi connectivity index (χ1v) is 10.8. The normalized spacial score (nSPS) is 10.3. The van der Waals surface area contributed by atoms with Crippen LogP contribution in [0.5, 0.6) is 11.5 Å². The number of aromatic nitrogens is 1. The molecule has 0 unspecified atom stereocenters. The fraction of sp³-hybridized carbons (Fsp3) is 0.182. The fourth-order valence-corrected chi connectivity index (χ4v) is 3.57. The molecule has 9 nitrogen and oxygen atoms in total. The molecule has 1 heterocycles. The molecule has 11 heteroatoms. The number of amides is 3. The van der Waals surface area contributed by atoms with Gasteiger partial charge in [0, 0.05) is 10.7 Å². The summed E-state index contributed by atoms with van der Waals surface area (Å²) in [5, 5.41) is 5.74. The third-order valence-corrected chi connectivity index (χ3v) is 5.50. The van der Waals surface area contributed by atoms with Crippen molar-refractivity contribution >= 4 is 46.5 Å². The second kappa shape index (κ2) is 11.3. The number of halogens is 1. The van der Waals surface area contributed by atoms with Gasteiger partial charge in [-0.05, 0) is 55.5 Å². The monoisotopic (exact) mass is 489 g/mol. The van der Waals surface area contributed by atoms with Gasteiger partial charge in [0.15, 0.2) is 6.61 Å². The van der Waals surface area contributed by atoms with Crippen LogP contribution in [0, 0.1) is 6.92 Å². The number of thiazole rings is 1. The number of benzene rings is 2. The van der Waals surface area contributed by atoms with E-state index in [-0.39, 0.29) is 11.5 Å². The van der Waals surface area contributed by atoms with Crippen molar-refractivity contribution in [3.05, 3.63) is 69.1 Å². The van der Waals surface area contributed by atoms with Gasteiger partial charge >= 0.3 is 12.0 Å². The van der Waals surface area contributed by atoms with Gasteiger partial charge in [0.1, 0.15) is 28.0 Å². The molecule has 0 aliphatic rings. The number of imide groups is 1. The maximum atomic E-state index is 12.3. The lowest BCUT2D eigenvalue weighted by atomic mass is 10.3. The highest BCUT2D eigenvalue weighted by Crippen LogP contribution is 2.22. The van der Waals surface area contributed by atoms with Crippen LogP contribution in [-0.2, 0) is 16.1 Å². The van der Waals surface area contributed by atoms with Crippen LogP contribution in [0.15, 0.2) is 48.5 Å². The number of hydrogen-bond donors (Lipinski definition) is 2. The molecule has 3 amide bonds. The van der Waals surface area contributed by atoms with Gasteiger partial charge < -0.3 is 19.5 Å². The number of rotatable bonds is 8. The van der Waals surface area contributed by atoms with Crippen LogP contribution in [0.4, 0.5) is 10.5 Å². The number of aryl methyl sites for hydroxylation is 1. The van der Waals surface area contributed by atoms with E-state index in [0.29, 0.717) is 32.9 Å². The number of nitrogens with zero attached hydrogens (tertiary/aromatic N) is 1. The van der Waals surface area contributed by atoms with Crippen molar-refractivity contribution in [3.8, 4) is 11.5 Å². The number of carbonyl (C=O) groups excluding carboxylic acids is 3. The summed E-state index contributed by atoms with van der Waals surface area (Å²) in [5.41, 5.74) is 0.920. The summed E-state index contributed by atoms with van der Waals surface area (Å²) >= 11 is 6.94. The molecule has 2 aromatic carbocycles. The van der Waals surface area contributed by atoms with Crippen LogP contribution in [0.2, 0.25) is 5.02 Å². The van der Waals surface area contributed by atoms with E-state index >= 15 is 0 Å². The van der Waals surface area contributed by atoms with Gasteiger partial charge in [0.05, 0.1) is 12.8 Å². The van der Waals surface area contributed by atoms with E-state index in [4.69, 9.17) is 25.8 Å². The van der Waals surface area contributed by atoms with Crippen LogP contribution in [-0.4, -0.2) is 36.6 Å².